The van der Waals surface area contributed by atoms with Crippen molar-refractivity contribution >= 4 is 13.3 Å². The van der Waals surface area contributed by atoms with Gasteiger partial charge < -0.3 is 0 Å². The van der Waals surface area contributed by atoms with E-state index in [-0.39, 0.29) is 0 Å². The molecule has 0 amide bonds. The monoisotopic (exact) mass is 300 g/mol. The van der Waals surface area contributed by atoms with Gasteiger partial charge in [0.1, 0.15) is 0 Å². The van der Waals surface area contributed by atoms with E-state index in [2.05, 4.69) is 78.1 Å². The summed E-state index contributed by atoms with van der Waals surface area (Å²) in [5, 5.41) is 1.59. The number of benzene rings is 1. The average molecular weight is 301 g/mol. The zero-order valence-electron chi connectivity index (χ0n) is 15.0. The average Bonchev–Trinajstić information content (AvgIpc) is 2.35. The Balaban J connectivity index is 2.73. The first-order valence-corrected chi connectivity index (χ1v) is 11.3. The van der Waals surface area contributed by atoms with Gasteiger partial charge in [-0.1, -0.05) is 70.9 Å². The van der Waals surface area contributed by atoms with Gasteiger partial charge in [-0.25, -0.2) is 0 Å². The molecule has 0 heterocycles. The minimum atomic E-state index is -1.36. The number of allylic oxidation sites excluding steroid dienone is 4. The first kappa shape index (κ1) is 18.0. The lowest BCUT2D eigenvalue weighted by Gasteiger charge is -2.23. The van der Waals surface area contributed by atoms with Crippen LogP contribution in [0.5, 0.6) is 0 Å². The highest BCUT2D eigenvalue weighted by Gasteiger charge is 2.22. The van der Waals surface area contributed by atoms with E-state index in [1.165, 1.54) is 41.2 Å². The molecule has 0 aliphatic heterocycles. The molecule has 0 saturated heterocycles. The van der Waals surface area contributed by atoms with Gasteiger partial charge in [-0.05, 0) is 53.5 Å². The molecule has 21 heavy (non-hydrogen) atoms. The topological polar surface area (TPSA) is 0 Å². The van der Waals surface area contributed by atoms with Crippen LogP contribution in [-0.2, 0) is 0 Å². The maximum absolute atomic E-state index is 2.49. The molecule has 0 saturated carbocycles. The fourth-order valence-electron chi connectivity index (χ4n) is 2.60. The zero-order valence-corrected chi connectivity index (χ0v) is 16.0. The minimum absolute atomic E-state index is 1.18. The van der Waals surface area contributed by atoms with E-state index in [1.807, 2.05) is 0 Å². The predicted octanol–water partition coefficient (Wildman–Crippen LogP) is 5.91. The normalized spacial score (nSPS) is 12.4. The highest BCUT2D eigenvalue weighted by molar-refractivity contribution is 6.90. The Labute approximate surface area is 133 Å². The molecule has 116 valence electrons. The second-order valence-corrected chi connectivity index (χ2v) is 12.1. The summed E-state index contributed by atoms with van der Waals surface area (Å²) in [7, 11) is -1.36. The van der Waals surface area contributed by atoms with E-state index in [0.717, 1.165) is 0 Å². The third-order valence-electron chi connectivity index (χ3n) is 4.06. The minimum Gasteiger partial charge on any atom is -0.0879 e. The van der Waals surface area contributed by atoms with Gasteiger partial charge in [0.15, 0.2) is 0 Å². The molecule has 0 radical (unpaired) electrons. The van der Waals surface area contributed by atoms with Gasteiger partial charge in [-0.3, -0.25) is 0 Å². The second kappa shape index (κ2) is 7.79. The summed E-state index contributed by atoms with van der Waals surface area (Å²) in [5.74, 6) is 0. The Kier molecular flexibility index (Phi) is 6.67. The van der Waals surface area contributed by atoms with Gasteiger partial charge in [0, 0.05) is 0 Å². The van der Waals surface area contributed by atoms with Crippen molar-refractivity contribution in [3.63, 3.8) is 0 Å². The SMILES string of the molecule is CC(C)=CCC/C(C)=C/C[Si](C)(C)c1cc(C)cc(C)c1. The first-order chi connectivity index (χ1) is 9.70. The molecule has 0 aliphatic carbocycles. The number of hydrogen-bond acceptors (Lipinski definition) is 0. The molecule has 0 aromatic heterocycles. The lowest BCUT2D eigenvalue weighted by atomic mass is 10.1. The molecule has 0 bridgehead atoms. The highest BCUT2D eigenvalue weighted by Crippen LogP contribution is 2.16. The van der Waals surface area contributed by atoms with Crippen LogP contribution in [-0.4, -0.2) is 8.07 Å². The number of aryl methyl sites for hydroxylation is 2. The van der Waals surface area contributed by atoms with Crippen LogP contribution in [0.2, 0.25) is 19.1 Å². The Hall–Kier alpha value is -1.08. The summed E-state index contributed by atoms with van der Waals surface area (Å²) >= 11 is 0. The third-order valence-corrected chi connectivity index (χ3v) is 7.13. The second-order valence-electron chi connectivity index (χ2n) is 7.34. The van der Waals surface area contributed by atoms with E-state index in [9.17, 15) is 0 Å². The van der Waals surface area contributed by atoms with Gasteiger partial charge in [0.2, 0.25) is 0 Å². The summed E-state index contributed by atoms with van der Waals surface area (Å²) in [6, 6.07) is 8.31. The van der Waals surface area contributed by atoms with Crippen molar-refractivity contribution in [1.82, 2.24) is 0 Å². The van der Waals surface area contributed by atoms with Crippen LogP contribution in [0.15, 0.2) is 41.5 Å². The molecular formula is C20H32Si. The molecule has 1 aromatic carbocycles. The van der Waals surface area contributed by atoms with Crippen LogP contribution in [0.25, 0.3) is 0 Å². The van der Waals surface area contributed by atoms with Crippen LogP contribution >= 0.6 is 0 Å². The van der Waals surface area contributed by atoms with Crippen molar-refractivity contribution in [3.8, 4) is 0 Å². The number of hydrogen-bond donors (Lipinski definition) is 0. The standard InChI is InChI=1S/C20H32Si/c1-16(2)9-8-10-17(3)11-12-21(6,7)20-14-18(4)13-19(5)15-20/h9,11,13-15H,8,10,12H2,1-7H3/b17-11+. The van der Waals surface area contributed by atoms with E-state index < -0.39 is 8.07 Å². The molecular weight excluding hydrogens is 268 g/mol. The Bertz CT molecular complexity index is 509. The van der Waals surface area contributed by atoms with Crippen LogP contribution in [0, 0.1) is 13.8 Å². The summed E-state index contributed by atoms with van der Waals surface area (Å²) in [4.78, 5) is 0. The van der Waals surface area contributed by atoms with Gasteiger partial charge >= 0.3 is 0 Å². The van der Waals surface area contributed by atoms with Crippen molar-refractivity contribution in [2.24, 2.45) is 0 Å². The van der Waals surface area contributed by atoms with E-state index >= 15 is 0 Å². The van der Waals surface area contributed by atoms with Crippen molar-refractivity contribution < 1.29 is 0 Å². The lowest BCUT2D eigenvalue weighted by Crippen LogP contribution is -2.41. The molecule has 0 aliphatic rings. The van der Waals surface area contributed by atoms with Gasteiger partial charge in [0.25, 0.3) is 0 Å². The molecule has 1 aromatic rings. The molecule has 0 nitrogen and oxygen atoms in total. The van der Waals surface area contributed by atoms with Gasteiger partial charge in [0.05, 0.1) is 8.07 Å². The van der Waals surface area contributed by atoms with Gasteiger partial charge in [-0.2, -0.15) is 0 Å². The van der Waals surface area contributed by atoms with Crippen molar-refractivity contribution in [2.45, 2.75) is 66.6 Å². The van der Waals surface area contributed by atoms with E-state index in [4.69, 9.17) is 0 Å². The maximum Gasteiger partial charge on any atom is 0.0843 e. The molecule has 0 unspecified atom stereocenters. The summed E-state index contributed by atoms with van der Waals surface area (Å²) in [5.41, 5.74) is 5.76. The van der Waals surface area contributed by atoms with Crippen LogP contribution < -0.4 is 5.19 Å². The van der Waals surface area contributed by atoms with Crippen LogP contribution in [0.1, 0.15) is 44.7 Å². The number of rotatable bonds is 6. The predicted molar refractivity (Wildman–Crippen MR) is 100 cm³/mol. The summed E-state index contributed by atoms with van der Waals surface area (Å²) in [6.07, 6.45) is 7.20. The smallest absolute Gasteiger partial charge is 0.0843 e. The Morgan fingerprint density at radius 1 is 0.952 bits per heavy atom. The van der Waals surface area contributed by atoms with E-state index in [0.29, 0.717) is 0 Å². The largest absolute Gasteiger partial charge is 0.0879 e. The Morgan fingerprint density at radius 2 is 1.52 bits per heavy atom. The first-order valence-electron chi connectivity index (χ1n) is 8.08. The quantitative estimate of drug-likeness (QED) is 0.452. The molecule has 1 rings (SSSR count). The lowest BCUT2D eigenvalue weighted by molar-refractivity contribution is 0.963. The molecule has 0 atom stereocenters. The highest BCUT2D eigenvalue weighted by atomic mass is 28.3. The molecule has 0 spiro atoms. The Morgan fingerprint density at radius 3 is 2.05 bits per heavy atom. The summed E-state index contributed by atoms with van der Waals surface area (Å²) in [6.45, 7) is 16.0. The van der Waals surface area contributed by atoms with Crippen LogP contribution in [0.3, 0.4) is 0 Å². The van der Waals surface area contributed by atoms with Crippen molar-refractivity contribution in [1.29, 1.82) is 0 Å². The molecule has 0 fully saturated rings. The zero-order chi connectivity index (χ0) is 16.0. The fourth-order valence-corrected chi connectivity index (χ4v) is 4.93. The van der Waals surface area contributed by atoms with E-state index in [1.54, 1.807) is 5.19 Å². The van der Waals surface area contributed by atoms with Crippen molar-refractivity contribution in [3.05, 3.63) is 52.6 Å². The molecule has 1 heteroatoms. The van der Waals surface area contributed by atoms with Gasteiger partial charge in [-0.15, -0.1) is 0 Å². The summed E-state index contributed by atoms with van der Waals surface area (Å²) < 4.78 is 0. The fraction of sp³-hybridized carbons (Fsp3) is 0.500. The molecule has 0 N–H and O–H groups in total. The third kappa shape index (κ3) is 6.47. The maximum atomic E-state index is 2.49. The van der Waals surface area contributed by atoms with Crippen LogP contribution in [0.4, 0.5) is 0 Å². The van der Waals surface area contributed by atoms with Crippen molar-refractivity contribution in [2.75, 3.05) is 0 Å².